The summed E-state index contributed by atoms with van der Waals surface area (Å²) in [6.07, 6.45) is 0. The fourth-order valence-corrected chi connectivity index (χ4v) is 3.86. The number of benzene rings is 2. The molecular formula is C12H9N3OSn. The summed E-state index contributed by atoms with van der Waals surface area (Å²) in [6.45, 7) is 0. The van der Waals surface area contributed by atoms with Crippen LogP contribution >= 0.6 is 0 Å². The molecular weight excluding hydrogens is 321 g/mol. The summed E-state index contributed by atoms with van der Waals surface area (Å²) in [6, 6.07) is 15.9. The summed E-state index contributed by atoms with van der Waals surface area (Å²) >= 11 is -1.12. The number of nitrogens with one attached hydrogen (secondary N) is 1. The van der Waals surface area contributed by atoms with Crippen LogP contribution in [0.4, 0.5) is 0 Å². The molecule has 5 heteroatoms. The van der Waals surface area contributed by atoms with Crippen molar-refractivity contribution in [3.63, 3.8) is 0 Å². The van der Waals surface area contributed by atoms with Crippen LogP contribution in [0.2, 0.25) is 0 Å². The molecule has 0 aliphatic rings. The zero-order chi connectivity index (χ0) is 11.5. The summed E-state index contributed by atoms with van der Waals surface area (Å²) in [5, 5.41) is 10.9. The summed E-state index contributed by atoms with van der Waals surface area (Å²) in [4.78, 5) is 0. The third kappa shape index (κ3) is 2.26. The Labute approximate surface area is 109 Å². The van der Waals surface area contributed by atoms with Gasteiger partial charge in [0.05, 0.1) is 0 Å². The van der Waals surface area contributed by atoms with Gasteiger partial charge in [-0.1, -0.05) is 0 Å². The van der Waals surface area contributed by atoms with Gasteiger partial charge in [0.25, 0.3) is 0 Å². The molecule has 0 aliphatic heterocycles. The Hall–Kier alpha value is -1.56. The molecule has 2 aromatic carbocycles. The molecule has 0 atom stereocenters. The monoisotopic (exact) mass is 331 g/mol. The van der Waals surface area contributed by atoms with Crippen LogP contribution in [0, 0.1) is 0 Å². The van der Waals surface area contributed by atoms with Crippen LogP contribution in [0.15, 0.2) is 48.5 Å². The van der Waals surface area contributed by atoms with E-state index in [1.54, 1.807) is 0 Å². The fraction of sp³-hybridized carbons (Fsp3) is 0. The Kier molecular flexibility index (Phi) is 2.96. The number of rotatable bonds is 3. The van der Waals surface area contributed by atoms with E-state index in [1.807, 2.05) is 42.5 Å². The van der Waals surface area contributed by atoms with Crippen molar-refractivity contribution in [3.05, 3.63) is 48.5 Å². The zero-order valence-corrected chi connectivity index (χ0v) is 11.8. The number of fused-ring (bicyclic) bond motifs is 1. The quantitative estimate of drug-likeness (QED) is 0.736. The van der Waals surface area contributed by atoms with Crippen molar-refractivity contribution in [3.8, 4) is 5.75 Å². The molecule has 17 heavy (non-hydrogen) atoms. The van der Waals surface area contributed by atoms with Crippen LogP contribution in [0.25, 0.3) is 11.0 Å². The van der Waals surface area contributed by atoms with Crippen LogP contribution in [0.3, 0.4) is 0 Å². The third-order valence-corrected chi connectivity index (χ3v) is 5.11. The molecule has 1 N–H and O–H groups in total. The third-order valence-electron chi connectivity index (χ3n) is 2.37. The first-order valence-corrected chi connectivity index (χ1v) is 7.80. The number of hydrogen-bond donors (Lipinski definition) is 1. The van der Waals surface area contributed by atoms with E-state index < -0.39 is 21.6 Å². The van der Waals surface area contributed by atoms with E-state index in [1.165, 1.54) is 3.58 Å². The normalized spacial score (nSPS) is 10.6. The number of nitrogens with zero attached hydrogens (tertiary/aromatic N) is 2. The van der Waals surface area contributed by atoms with E-state index in [9.17, 15) is 0 Å². The predicted octanol–water partition coefficient (Wildman–Crippen LogP) is 1.28. The SMILES string of the molecule is c1ccc([O][Sn][c]2cccc3n[nH]nc23)cc1. The van der Waals surface area contributed by atoms with Gasteiger partial charge in [0.2, 0.25) is 0 Å². The van der Waals surface area contributed by atoms with Gasteiger partial charge < -0.3 is 0 Å². The molecule has 1 aromatic heterocycles. The van der Waals surface area contributed by atoms with Crippen molar-refractivity contribution in [2.75, 3.05) is 0 Å². The van der Waals surface area contributed by atoms with Crippen molar-refractivity contribution >= 4 is 36.2 Å². The second-order valence-electron chi connectivity index (χ2n) is 3.51. The second kappa shape index (κ2) is 4.75. The Balaban J connectivity index is 1.84. The van der Waals surface area contributed by atoms with Gasteiger partial charge >= 0.3 is 109 Å². The molecule has 4 nitrogen and oxygen atoms in total. The molecule has 0 saturated heterocycles. The molecule has 82 valence electrons. The van der Waals surface area contributed by atoms with Crippen LogP contribution in [-0.4, -0.2) is 37.0 Å². The minimum atomic E-state index is -1.12. The van der Waals surface area contributed by atoms with E-state index in [-0.39, 0.29) is 0 Å². The van der Waals surface area contributed by atoms with E-state index in [0.717, 1.165) is 16.8 Å². The minimum absolute atomic E-state index is 0.903. The standard InChI is InChI=1S/C6H4N3.C6H6O.Sn/c1-2-4-6-5(3-1)7-9-8-6;7-6-4-2-1-3-5-6;/h1-3H,(H,7,8,9);1-5,7H;/q;;+1/p-1. The van der Waals surface area contributed by atoms with Gasteiger partial charge in [-0.3, -0.25) is 0 Å². The first-order chi connectivity index (χ1) is 8.43. The van der Waals surface area contributed by atoms with E-state index in [2.05, 4.69) is 21.5 Å². The molecule has 0 amide bonds. The van der Waals surface area contributed by atoms with Crippen molar-refractivity contribution in [2.45, 2.75) is 0 Å². The Morgan fingerprint density at radius 3 is 2.71 bits per heavy atom. The summed E-state index contributed by atoms with van der Waals surface area (Å²) in [5.74, 6) is 0.930. The van der Waals surface area contributed by atoms with Gasteiger partial charge in [0.15, 0.2) is 0 Å². The number of hydrogen-bond acceptors (Lipinski definition) is 3. The number of H-pyrrole nitrogens is 1. The van der Waals surface area contributed by atoms with Gasteiger partial charge in [0, 0.05) is 0 Å². The Morgan fingerprint density at radius 1 is 0.941 bits per heavy atom. The first-order valence-electron chi connectivity index (χ1n) is 5.21. The van der Waals surface area contributed by atoms with Crippen LogP contribution < -0.4 is 6.65 Å². The molecule has 0 saturated carbocycles. The van der Waals surface area contributed by atoms with Gasteiger partial charge in [0.1, 0.15) is 0 Å². The van der Waals surface area contributed by atoms with Crippen LogP contribution in [0.1, 0.15) is 0 Å². The summed E-state index contributed by atoms with van der Waals surface area (Å²) in [7, 11) is 0. The maximum absolute atomic E-state index is 5.86. The molecule has 0 aliphatic carbocycles. The van der Waals surface area contributed by atoms with Gasteiger partial charge in [-0.15, -0.1) is 0 Å². The molecule has 0 spiro atoms. The summed E-state index contributed by atoms with van der Waals surface area (Å²) in [5.41, 5.74) is 1.84. The van der Waals surface area contributed by atoms with Crippen molar-refractivity contribution in [1.29, 1.82) is 0 Å². The van der Waals surface area contributed by atoms with Gasteiger partial charge in [-0.2, -0.15) is 0 Å². The van der Waals surface area contributed by atoms with Crippen LogP contribution in [-0.2, 0) is 0 Å². The molecule has 1 heterocycles. The van der Waals surface area contributed by atoms with Gasteiger partial charge in [-0.25, -0.2) is 0 Å². The Morgan fingerprint density at radius 2 is 1.82 bits per heavy atom. The summed E-state index contributed by atoms with van der Waals surface area (Å²) < 4.78 is 7.06. The average molecular weight is 330 g/mol. The molecule has 0 unspecified atom stereocenters. The molecule has 3 aromatic rings. The topological polar surface area (TPSA) is 50.8 Å². The fourth-order valence-electron chi connectivity index (χ4n) is 1.55. The number of aromatic nitrogens is 3. The van der Waals surface area contributed by atoms with Crippen molar-refractivity contribution in [2.24, 2.45) is 0 Å². The molecule has 2 radical (unpaired) electrons. The average Bonchev–Trinajstić information content (AvgIpc) is 2.86. The van der Waals surface area contributed by atoms with Crippen LogP contribution in [0.5, 0.6) is 5.75 Å². The zero-order valence-electron chi connectivity index (χ0n) is 8.92. The molecule has 0 bridgehead atoms. The van der Waals surface area contributed by atoms with E-state index in [0.29, 0.717) is 0 Å². The first kappa shape index (κ1) is 10.6. The molecule has 0 fully saturated rings. The predicted molar refractivity (Wildman–Crippen MR) is 66.3 cm³/mol. The Bertz CT molecular complexity index is 624. The van der Waals surface area contributed by atoms with Gasteiger partial charge in [-0.05, 0) is 0 Å². The van der Waals surface area contributed by atoms with Crippen molar-refractivity contribution < 1.29 is 3.07 Å². The number of para-hydroxylation sites is 2. The van der Waals surface area contributed by atoms with E-state index >= 15 is 0 Å². The second-order valence-corrected chi connectivity index (χ2v) is 6.22. The number of aromatic amines is 1. The van der Waals surface area contributed by atoms with Crippen molar-refractivity contribution in [1.82, 2.24) is 15.4 Å². The van der Waals surface area contributed by atoms with E-state index in [4.69, 9.17) is 3.07 Å². The maximum atomic E-state index is 5.86. The molecule has 3 rings (SSSR count).